The van der Waals surface area contributed by atoms with Crippen LogP contribution in [0.1, 0.15) is 11.4 Å². The Labute approximate surface area is 194 Å². The highest BCUT2D eigenvalue weighted by Gasteiger charge is 2.14. The smallest absolute Gasteiger partial charge is 0.259 e. The first-order valence-electron chi connectivity index (χ1n) is 10.1. The molecular formula is C26H16ClN5O. The van der Waals surface area contributed by atoms with Crippen LogP contribution in [-0.2, 0) is 0 Å². The van der Waals surface area contributed by atoms with Crippen molar-refractivity contribution in [1.29, 1.82) is 5.26 Å². The molecule has 0 bridgehead atoms. The second kappa shape index (κ2) is 8.58. The van der Waals surface area contributed by atoms with Gasteiger partial charge in [-0.1, -0.05) is 54.1 Å². The summed E-state index contributed by atoms with van der Waals surface area (Å²) in [5.41, 5.74) is 3.55. The number of aromatic amines is 1. The number of nitrogens with zero attached hydrogens (tertiary/aromatic N) is 4. The van der Waals surface area contributed by atoms with E-state index in [9.17, 15) is 10.1 Å². The van der Waals surface area contributed by atoms with Crippen molar-refractivity contribution < 1.29 is 0 Å². The van der Waals surface area contributed by atoms with Gasteiger partial charge in [0.2, 0.25) is 0 Å². The van der Waals surface area contributed by atoms with Gasteiger partial charge in [0.1, 0.15) is 6.07 Å². The predicted molar refractivity (Wildman–Crippen MR) is 130 cm³/mol. The zero-order valence-corrected chi connectivity index (χ0v) is 18.0. The van der Waals surface area contributed by atoms with Crippen LogP contribution in [0, 0.1) is 11.3 Å². The number of nitriles is 1. The number of nitrogens with one attached hydrogen (secondary N) is 1. The number of para-hydroxylation sites is 2. The number of benzene rings is 3. The minimum absolute atomic E-state index is 0.204. The van der Waals surface area contributed by atoms with E-state index in [1.807, 2.05) is 48.7 Å². The molecule has 0 aliphatic carbocycles. The van der Waals surface area contributed by atoms with Crippen LogP contribution >= 0.6 is 11.6 Å². The van der Waals surface area contributed by atoms with Gasteiger partial charge in [-0.15, -0.1) is 0 Å². The minimum Gasteiger partial charge on any atom is -0.305 e. The van der Waals surface area contributed by atoms with Crippen LogP contribution in [0.2, 0.25) is 5.02 Å². The lowest BCUT2D eigenvalue weighted by molar-refractivity contribution is 0.884. The SMILES string of the molecule is N#C/C(=C/c1cn(-c2ccccc2)nc1-c1ccc(Cl)cc1)c1nc2ccccc2c(=O)[nH]1. The van der Waals surface area contributed by atoms with Crippen LogP contribution < -0.4 is 5.56 Å². The number of fused-ring (bicyclic) bond motifs is 1. The second-order valence-electron chi connectivity index (χ2n) is 7.32. The molecule has 0 atom stereocenters. The molecule has 158 valence electrons. The van der Waals surface area contributed by atoms with Crippen LogP contribution in [0.3, 0.4) is 0 Å². The van der Waals surface area contributed by atoms with Crippen molar-refractivity contribution >= 4 is 34.2 Å². The Hall–Kier alpha value is -4.47. The molecule has 0 saturated carbocycles. The normalized spacial score (nSPS) is 11.5. The molecule has 0 fully saturated rings. The molecule has 0 aliphatic rings. The summed E-state index contributed by atoms with van der Waals surface area (Å²) in [6.07, 6.45) is 3.53. The highest BCUT2D eigenvalue weighted by Crippen LogP contribution is 2.28. The average Bonchev–Trinajstić information content (AvgIpc) is 3.27. The lowest BCUT2D eigenvalue weighted by atomic mass is 10.1. The molecule has 0 radical (unpaired) electrons. The van der Waals surface area contributed by atoms with Crippen molar-refractivity contribution in [2.24, 2.45) is 0 Å². The molecule has 3 aromatic carbocycles. The zero-order chi connectivity index (χ0) is 22.8. The number of rotatable bonds is 4. The number of halogens is 1. The lowest BCUT2D eigenvalue weighted by Gasteiger charge is -2.03. The van der Waals surface area contributed by atoms with Crippen molar-refractivity contribution in [3.63, 3.8) is 0 Å². The van der Waals surface area contributed by atoms with Crippen LogP contribution in [0.25, 0.3) is 39.5 Å². The number of allylic oxidation sites excluding steroid dienone is 1. The third kappa shape index (κ3) is 4.05. The molecule has 7 heteroatoms. The van der Waals surface area contributed by atoms with Gasteiger partial charge in [0.15, 0.2) is 5.82 Å². The summed E-state index contributed by atoms with van der Waals surface area (Å²) in [6.45, 7) is 0. The summed E-state index contributed by atoms with van der Waals surface area (Å²) in [5.74, 6) is 0.204. The first-order chi connectivity index (χ1) is 16.1. The summed E-state index contributed by atoms with van der Waals surface area (Å²) in [5, 5.41) is 15.7. The van der Waals surface area contributed by atoms with E-state index in [1.54, 1.807) is 47.2 Å². The molecule has 5 aromatic rings. The molecule has 5 rings (SSSR count). The molecular weight excluding hydrogens is 434 g/mol. The monoisotopic (exact) mass is 449 g/mol. The molecule has 0 saturated heterocycles. The van der Waals surface area contributed by atoms with E-state index in [1.165, 1.54) is 0 Å². The van der Waals surface area contributed by atoms with Gasteiger partial charge in [0.25, 0.3) is 5.56 Å². The summed E-state index contributed by atoms with van der Waals surface area (Å²) in [4.78, 5) is 19.7. The topological polar surface area (TPSA) is 87.4 Å². The molecule has 33 heavy (non-hydrogen) atoms. The van der Waals surface area contributed by atoms with Crippen LogP contribution in [-0.4, -0.2) is 19.7 Å². The van der Waals surface area contributed by atoms with Gasteiger partial charge >= 0.3 is 0 Å². The van der Waals surface area contributed by atoms with Gasteiger partial charge in [-0.2, -0.15) is 10.4 Å². The highest BCUT2D eigenvalue weighted by molar-refractivity contribution is 6.30. The van der Waals surface area contributed by atoms with Gasteiger partial charge in [0, 0.05) is 22.3 Å². The fourth-order valence-electron chi connectivity index (χ4n) is 3.56. The third-order valence-electron chi connectivity index (χ3n) is 5.17. The van der Waals surface area contributed by atoms with E-state index < -0.39 is 0 Å². The molecule has 6 nitrogen and oxygen atoms in total. The van der Waals surface area contributed by atoms with Crippen molar-refractivity contribution in [2.45, 2.75) is 0 Å². The Morgan fingerprint density at radius 2 is 1.73 bits per heavy atom. The standard InChI is InChI=1S/C26H16ClN5O/c27-20-12-10-17(11-13-20)24-19(16-32(31-24)21-6-2-1-3-7-21)14-18(15-28)25-29-23-9-5-4-8-22(23)26(33)30-25/h1-14,16H,(H,29,30,33)/b18-14-. The van der Waals surface area contributed by atoms with Crippen LogP contribution in [0.4, 0.5) is 0 Å². The van der Waals surface area contributed by atoms with E-state index in [4.69, 9.17) is 16.7 Å². The maximum absolute atomic E-state index is 12.5. The molecule has 0 spiro atoms. The van der Waals surface area contributed by atoms with E-state index >= 15 is 0 Å². The first kappa shape index (κ1) is 20.4. The number of H-pyrrole nitrogens is 1. The van der Waals surface area contributed by atoms with Gasteiger partial charge in [-0.25, -0.2) is 9.67 Å². The van der Waals surface area contributed by atoms with E-state index in [0.717, 1.165) is 11.3 Å². The van der Waals surface area contributed by atoms with E-state index in [2.05, 4.69) is 16.0 Å². The van der Waals surface area contributed by atoms with Crippen molar-refractivity contribution in [3.8, 4) is 23.0 Å². The third-order valence-corrected chi connectivity index (χ3v) is 5.42. The number of hydrogen-bond acceptors (Lipinski definition) is 4. The van der Waals surface area contributed by atoms with Gasteiger partial charge in [0.05, 0.1) is 27.9 Å². The Morgan fingerprint density at radius 3 is 2.48 bits per heavy atom. The minimum atomic E-state index is -0.297. The number of aromatic nitrogens is 4. The molecule has 2 heterocycles. The molecule has 0 amide bonds. The fourth-order valence-corrected chi connectivity index (χ4v) is 3.69. The molecule has 0 unspecified atom stereocenters. The molecule has 1 N–H and O–H groups in total. The quantitative estimate of drug-likeness (QED) is 0.367. The van der Waals surface area contributed by atoms with Crippen LogP contribution in [0.5, 0.6) is 0 Å². The van der Waals surface area contributed by atoms with Crippen molar-refractivity contribution in [2.75, 3.05) is 0 Å². The van der Waals surface area contributed by atoms with Gasteiger partial charge in [-0.3, -0.25) is 4.79 Å². The maximum atomic E-state index is 12.5. The van der Waals surface area contributed by atoms with Crippen molar-refractivity contribution in [3.05, 3.63) is 112 Å². The first-order valence-corrected chi connectivity index (χ1v) is 10.5. The predicted octanol–water partition coefficient (Wildman–Crippen LogP) is 5.49. The summed E-state index contributed by atoms with van der Waals surface area (Å²) >= 11 is 6.07. The Bertz CT molecular complexity index is 1590. The largest absolute Gasteiger partial charge is 0.305 e. The number of hydrogen-bond donors (Lipinski definition) is 1. The summed E-state index contributed by atoms with van der Waals surface area (Å²) in [6, 6.07) is 26.2. The summed E-state index contributed by atoms with van der Waals surface area (Å²) in [7, 11) is 0. The van der Waals surface area contributed by atoms with E-state index in [-0.39, 0.29) is 17.0 Å². The zero-order valence-electron chi connectivity index (χ0n) is 17.2. The summed E-state index contributed by atoms with van der Waals surface area (Å²) < 4.78 is 1.75. The van der Waals surface area contributed by atoms with Gasteiger partial charge in [-0.05, 0) is 42.5 Å². The Kier molecular flexibility index (Phi) is 5.31. The molecule has 0 aliphatic heterocycles. The van der Waals surface area contributed by atoms with Gasteiger partial charge < -0.3 is 4.98 Å². The maximum Gasteiger partial charge on any atom is 0.259 e. The fraction of sp³-hybridized carbons (Fsp3) is 0. The average molecular weight is 450 g/mol. The molecule has 2 aromatic heterocycles. The Morgan fingerprint density at radius 1 is 1.00 bits per heavy atom. The Balaban J connectivity index is 1.68. The van der Waals surface area contributed by atoms with Crippen LogP contribution in [0.15, 0.2) is 89.9 Å². The van der Waals surface area contributed by atoms with E-state index in [0.29, 0.717) is 27.2 Å². The lowest BCUT2D eigenvalue weighted by Crippen LogP contribution is -2.11. The highest BCUT2D eigenvalue weighted by atomic mass is 35.5. The second-order valence-corrected chi connectivity index (χ2v) is 7.76. The van der Waals surface area contributed by atoms with Crippen molar-refractivity contribution in [1.82, 2.24) is 19.7 Å².